The molecule has 1 aromatic rings. The molecule has 0 spiro atoms. The Bertz CT molecular complexity index is 491. The zero-order valence-electron chi connectivity index (χ0n) is 11.7. The molecule has 1 saturated heterocycles. The molecule has 0 radical (unpaired) electrons. The lowest BCUT2D eigenvalue weighted by molar-refractivity contribution is -0.152. The Kier molecular flexibility index (Phi) is 4.24. The van der Waals surface area contributed by atoms with Crippen molar-refractivity contribution in [2.24, 2.45) is 5.92 Å². The number of ether oxygens (including phenoxy) is 2. The molecule has 1 N–H and O–H groups in total. The number of hydrogen-bond donors (Lipinski definition) is 1. The molecule has 1 heterocycles. The summed E-state index contributed by atoms with van der Waals surface area (Å²) >= 11 is 0. The maximum atomic E-state index is 12.1. The number of anilines is 1. The van der Waals surface area contributed by atoms with E-state index in [4.69, 9.17) is 9.47 Å². The average molecular weight is 278 g/mol. The highest BCUT2D eigenvalue weighted by atomic mass is 16.5. The summed E-state index contributed by atoms with van der Waals surface area (Å²) in [6, 6.07) is 8.35. The van der Waals surface area contributed by atoms with Crippen LogP contribution in [-0.4, -0.2) is 38.2 Å². The zero-order valence-corrected chi connectivity index (χ0v) is 11.7. The molecule has 0 bridgehead atoms. The van der Waals surface area contributed by atoms with Crippen LogP contribution in [0.25, 0.3) is 0 Å². The summed E-state index contributed by atoms with van der Waals surface area (Å²) in [4.78, 5) is 24.0. The number of rotatable bonds is 3. The number of carbonyl (C=O) groups excluding carboxylic acids is 2. The fourth-order valence-corrected chi connectivity index (χ4v) is 2.48. The Morgan fingerprint density at radius 2 is 1.70 bits per heavy atom. The summed E-state index contributed by atoms with van der Waals surface area (Å²) in [5, 5.41) is 1.66. The van der Waals surface area contributed by atoms with Crippen molar-refractivity contribution in [3.63, 3.8) is 0 Å². The number of hydrazine groups is 1. The van der Waals surface area contributed by atoms with Crippen LogP contribution in [0.4, 0.5) is 5.69 Å². The molecule has 0 aliphatic carbocycles. The second kappa shape index (κ2) is 5.92. The molecule has 1 fully saturated rings. The first-order chi connectivity index (χ1) is 9.60. The van der Waals surface area contributed by atoms with Crippen molar-refractivity contribution in [2.75, 3.05) is 19.2 Å². The number of esters is 2. The van der Waals surface area contributed by atoms with Gasteiger partial charge in [0.2, 0.25) is 0 Å². The minimum absolute atomic E-state index is 0.230. The third kappa shape index (κ3) is 2.46. The Hall–Kier alpha value is -2.08. The second-order valence-corrected chi connectivity index (χ2v) is 4.64. The van der Waals surface area contributed by atoms with Crippen LogP contribution in [-0.2, 0) is 19.1 Å². The second-order valence-electron chi connectivity index (χ2n) is 4.64. The standard InChI is InChI=1S/C14H18N2O4/c1-9-11(13(17)19-2)12(14(18)20-3)16(15-9)10-7-5-4-6-8-10/h4-9,11-12,15H,1-3H3/t9?,11-,12-/m1/s1. The van der Waals surface area contributed by atoms with Crippen LogP contribution in [0.5, 0.6) is 0 Å². The Balaban J connectivity index is 2.37. The Labute approximate surface area is 117 Å². The highest BCUT2D eigenvalue weighted by Crippen LogP contribution is 2.29. The van der Waals surface area contributed by atoms with Gasteiger partial charge in [0, 0.05) is 6.04 Å². The number of nitrogens with one attached hydrogen (secondary N) is 1. The van der Waals surface area contributed by atoms with Gasteiger partial charge in [-0.25, -0.2) is 10.2 Å². The third-order valence-corrected chi connectivity index (χ3v) is 3.45. The molecular formula is C14H18N2O4. The van der Waals surface area contributed by atoms with Gasteiger partial charge in [0.05, 0.1) is 19.9 Å². The van der Waals surface area contributed by atoms with Gasteiger partial charge >= 0.3 is 11.9 Å². The highest BCUT2D eigenvalue weighted by Gasteiger charge is 2.49. The average Bonchev–Trinajstić information content (AvgIpc) is 2.84. The summed E-state index contributed by atoms with van der Waals surface area (Å²) in [5.41, 5.74) is 3.93. The van der Waals surface area contributed by atoms with Crippen LogP contribution in [0.15, 0.2) is 30.3 Å². The SMILES string of the molecule is COC(=O)[C@@H]1C(C)NN(c2ccccc2)[C@H]1C(=O)OC. The van der Waals surface area contributed by atoms with Gasteiger partial charge in [-0.05, 0) is 19.1 Å². The van der Waals surface area contributed by atoms with Crippen molar-refractivity contribution in [3.05, 3.63) is 30.3 Å². The molecule has 0 aromatic heterocycles. The number of hydrogen-bond acceptors (Lipinski definition) is 6. The fraction of sp³-hybridized carbons (Fsp3) is 0.429. The van der Waals surface area contributed by atoms with E-state index in [9.17, 15) is 9.59 Å². The first kappa shape index (κ1) is 14.3. The van der Waals surface area contributed by atoms with E-state index < -0.39 is 23.9 Å². The first-order valence-electron chi connectivity index (χ1n) is 6.36. The molecule has 1 aromatic carbocycles. The van der Waals surface area contributed by atoms with Gasteiger partial charge in [0.15, 0.2) is 6.04 Å². The molecule has 20 heavy (non-hydrogen) atoms. The number of benzene rings is 1. The summed E-state index contributed by atoms with van der Waals surface area (Å²) in [6.45, 7) is 1.83. The molecule has 1 aliphatic rings. The van der Waals surface area contributed by atoms with Crippen LogP contribution in [0, 0.1) is 5.92 Å². The van der Waals surface area contributed by atoms with Crippen LogP contribution in [0.1, 0.15) is 6.92 Å². The lowest BCUT2D eigenvalue weighted by atomic mass is 9.95. The van der Waals surface area contributed by atoms with Gasteiger partial charge in [-0.3, -0.25) is 9.80 Å². The fourth-order valence-electron chi connectivity index (χ4n) is 2.48. The number of para-hydroxylation sites is 1. The van der Waals surface area contributed by atoms with Crippen molar-refractivity contribution in [2.45, 2.75) is 19.0 Å². The normalized spacial score (nSPS) is 25.4. The molecule has 6 nitrogen and oxygen atoms in total. The monoisotopic (exact) mass is 278 g/mol. The molecule has 6 heteroatoms. The first-order valence-corrected chi connectivity index (χ1v) is 6.36. The van der Waals surface area contributed by atoms with Crippen LogP contribution in [0.3, 0.4) is 0 Å². The van der Waals surface area contributed by atoms with E-state index in [1.807, 2.05) is 37.3 Å². The number of carbonyl (C=O) groups is 2. The van der Waals surface area contributed by atoms with Crippen LogP contribution < -0.4 is 10.4 Å². The molecular weight excluding hydrogens is 260 g/mol. The van der Waals surface area contributed by atoms with Crippen molar-refractivity contribution < 1.29 is 19.1 Å². The van der Waals surface area contributed by atoms with Crippen molar-refractivity contribution in [1.29, 1.82) is 0 Å². The van der Waals surface area contributed by atoms with E-state index in [2.05, 4.69) is 5.43 Å². The maximum Gasteiger partial charge on any atom is 0.331 e. The predicted octanol–water partition coefficient (Wildman–Crippen LogP) is 0.730. The van der Waals surface area contributed by atoms with Gasteiger partial charge in [0.25, 0.3) is 0 Å². The molecule has 1 aliphatic heterocycles. The van der Waals surface area contributed by atoms with E-state index in [1.54, 1.807) is 5.01 Å². The van der Waals surface area contributed by atoms with E-state index >= 15 is 0 Å². The Morgan fingerprint density at radius 1 is 1.10 bits per heavy atom. The van der Waals surface area contributed by atoms with Crippen LogP contribution in [0.2, 0.25) is 0 Å². The van der Waals surface area contributed by atoms with Crippen LogP contribution >= 0.6 is 0 Å². The molecule has 1 unspecified atom stereocenters. The topological polar surface area (TPSA) is 67.9 Å². The minimum atomic E-state index is -0.746. The largest absolute Gasteiger partial charge is 0.469 e. The predicted molar refractivity (Wildman–Crippen MR) is 72.8 cm³/mol. The van der Waals surface area contributed by atoms with Gasteiger partial charge in [-0.1, -0.05) is 18.2 Å². The quantitative estimate of drug-likeness (QED) is 0.822. The molecule has 108 valence electrons. The molecule has 0 saturated carbocycles. The lowest BCUT2D eigenvalue weighted by Gasteiger charge is -2.25. The number of methoxy groups -OCH3 is 2. The van der Waals surface area contributed by atoms with Gasteiger partial charge in [0.1, 0.15) is 5.92 Å². The van der Waals surface area contributed by atoms with Gasteiger partial charge in [-0.15, -0.1) is 0 Å². The smallest absolute Gasteiger partial charge is 0.331 e. The highest BCUT2D eigenvalue weighted by molar-refractivity contribution is 5.89. The van der Waals surface area contributed by atoms with E-state index in [-0.39, 0.29) is 6.04 Å². The van der Waals surface area contributed by atoms with E-state index in [1.165, 1.54) is 14.2 Å². The maximum absolute atomic E-state index is 12.1. The summed E-state index contributed by atoms with van der Waals surface area (Å²) in [5.74, 6) is -1.52. The molecule has 0 amide bonds. The minimum Gasteiger partial charge on any atom is -0.469 e. The van der Waals surface area contributed by atoms with E-state index in [0.29, 0.717) is 0 Å². The van der Waals surface area contributed by atoms with Crippen molar-refractivity contribution in [1.82, 2.24) is 5.43 Å². The lowest BCUT2D eigenvalue weighted by Crippen LogP contribution is -2.45. The van der Waals surface area contributed by atoms with Gasteiger partial charge in [-0.2, -0.15) is 0 Å². The third-order valence-electron chi connectivity index (χ3n) is 3.45. The van der Waals surface area contributed by atoms with Crippen molar-refractivity contribution >= 4 is 17.6 Å². The summed E-state index contributed by atoms with van der Waals surface area (Å²) in [6.07, 6.45) is 0. The molecule has 3 atom stereocenters. The van der Waals surface area contributed by atoms with E-state index in [0.717, 1.165) is 5.69 Å². The summed E-state index contributed by atoms with van der Waals surface area (Å²) in [7, 11) is 2.62. The molecule has 2 rings (SSSR count). The van der Waals surface area contributed by atoms with Gasteiger partial charge < -0.3 is 9.47 Å². The summed E-state index contributed by atoms with van der Waals surface area (Å²) < 4.78 is 9.63. The zero-order chi connectivity index (χ0) is 14.7. The number of nitrogens with zero attached hydrogens (tertiary/aromatic N) is 1. The van der Waals surface area contributed by atoms with Crippen molar-refractivity contribution in [3.8, 4) is 0 Å². The Morgan fingerprint density at radius 3 is 2.25 bits per heavy atom.